The van der Waals surface area contributed by atoms with Crippen LogP contribution in [0.15, 0.2) is 36.9 Å². The molecular weight excluding hydrogens is 298 g/mol. The van der Waals surface area contributed by atoms with E-state index in [1.165, 1.54) is 13.4 Å². The maximum atomic E-state index is 12.0. The lowest BCUT2D eigenvalue weighted by molar-refractivity contribution is -0.136. The molecule has 8 heteroatoms. The number of amides is 2. The highest BCUT2D eigenvalue weighted by Gasteiger charge is 2.32. The quantitative estimate of drug-likeness (QED) is 0.845. The number of nitrogens with one attached hydrogen (secondary N) is 1. The molecule has 1 N–H and O–H groups in total. The van der Waals surface area contributed by atoms with Crippen LogP contribution in [-0.4, -0.2) is 58.2 Å². The van der Waals surface area contributed by atoms with Crippen molar-refractivity contribution in [3.63, 3.8) is 0 Å². The second kappa shape index (κ2) is 6.47. The van der Waals surface area contributed by atoms with E-state index in [-0.39, 0.29) is 24.4 Å². The Morgan fingerprint density at radius 2 is 2.22 bits per heavy atom. The standard InChI is InChI=1S/C15H17N5O3/c1-23-13-4-2-3-11(5-13)15(22)17-6-14(21)19-7-12(8-19)20-10-16-9-18-20/h2-5,9-10,12H,6-8H2,1H3,(H,17,22). The molecule has 0 saturated carbocycles. The molecule has 2 heterocycles. The van der Waals surface area contributed by atoms with Crippen LogP contribution in [-0.2, 0) is 4.79 Å². The zero-order valence-corrected chi connectivity index (χ0v) is 12.7. The van der Waals surface area contributed by atoms with Crippen molar-refractivity contribution in [1.82, 2.24) is 25.0 Å². The number of likely N-dealkylation sites (tertiary alicyclic amines) is 1. The number of carbonyl (C=O) groups excluding carboxylic acids is 2. The van der Waals surface area contributed by atoms with Gasteiger partial charge in [0.15, 0.2) is 0 Å². The summed E-state index contributed by atoms with van der Waals surface area (Å²) in [4.78, 5) is 29.6. The van der Waals surface area contributed by atoms with Crippen molar-refractivity contribution in [3.8, 4) is 5.75 Å². The molecule has 2 aromatic rings. The molecule has 120 valence electrons. The van der Waals surface area contributed by atoms with Crippen molar-refractivity contribution in [3.05, 3.63) is 42.5 Å². The molecule has 0 spiro atoms. The number of hydrogen-bond donors (Lipinski definition) is 1. The van der Waals surface area contributed by atoms with Crippen LogP contribution in [0.2, 0.25) is 0 Å². The Morgan fingerprint density at radius 3 is 2.91 bits per heavy atom. The molecule has 1 fully saturated rings. The molecule has 23 heavy (non-hydrogen) atoms. The van der Waals surface area contributed by atoms with Crippen LogP contribution in [0.5, 0.6) is 5.75 Å². The summed E-state index contributed by atoms with van der Waals surface area (Å²) in [5, 5.41) is 6.68. The summed E-state index contributed by atoms with van der Waals surface area (Å²) in [5.74, 6) is 0.186. The Morgan fingerprint density at radius 1 is 1.39 bits per heavy atom. The van der Waals surface area contributed by atoms with E-state index in [0.717, 1.165) is 0 Å². The summed E-state index contributed by atoms with van der Waals surface area (Å²) < 4.78 is 6.81. The first kappa shape index (κ1) is 15.0. The van der Waals surface area contributed by atoms with Gasteiger partial charge in [0.25, 0.3) is 5.91 Å². The summed E-state index contributed by atoms with van der Waals surface area (Å²) in [7, 11) is 1.54. The van der Waals surface area contributed by atoms with E-state index >= 15 is 0 Å². The van der Waals surface area contributed by atoms with Gasteiger partial charge in [-0.15, -0.1) is 0 Å². The molecule has 8 nitrogen and oxygen atoms in total. The SMILES string of the molecule is COc1cccc(C(=O)NCC(=O)N2CC(n3cncn3)C2)c1. The van der Waals surface area contributed by atoms with E-state index in [4.69, 9.17) is 4.74 Å². The minimum absolute atomic E-state index is 0.0277. The van der Waals surface area contributed by atoms with Crippen molar-refractivity contribution in [2.45, 2.75) is 6.04 Å². The molecule has 1 aromatic heterocycles. The Balaban J connectivity index is 1.47. The van der Waals surface area contributed by atoms with Gasteiger partial charge in [0.05, 0.1) is 19.7 Å². The molecule has 1 aromatic carbocycles. The van der Waals surface area contributed by atoms with Crippen LogP contribution in [0.1, 0.15) is 16.4 Å². The van der Waals surface area contributed by atoms with Crippen molar-refractivity contribution in [1.29, 1.82) is 0 Å². The predicted molar refractivity (Wildman–Crippen MR) is 81.0 cm³/mol. The first-order chi connectivity index (χ1) is 11.2. The van der Waals surface area contributed by atoms with Crippen LogP contribution in [0.4, 0.5) is 0 Å². The minimum Gasteiger partial charge on any atom is -0.497 e. The van der Waals surface area contributed by atoms with Gasteiger partial charge in [-0.1, -0.05) is 6.07 Å². The zero-order valence-electron chi connectivity index (χ0n) is 12.7. The van der Waals surface area contributed by atoms with E-state index in [9.17, 15) is 9.59 Å². The molecule has 1 saturated heterocycles. The van der Waals surface area contributed by atoms with Crippen LogP contribution >= 0.6 is 0 Å². The fourth-order valence-corrected chi connectivity index (χ4v) is 2.37. The third-order valence-corrected chi connectivity index (χ3v) is 3.76. The number of benzene rings is 1. The molecule has 2 amide bonds. The van der Waals surface area contributed by atoms with E-state index in [2.05, 4.69) is 15.4 Å². The van der Waals surface area contributed by atoms with Crippen LogP contribution < -0.4 is 10.1 Å². The van der Waals surface area contributed by atoms with Gasteiger partial charge >= 0.3 is 0 Å². The molecule has 0 unspecified atom stereocenters. The Kier molecular flexibility index (Phi) is 4.22. The van der Waals surface area contributed by atoms with Crippen LogP contribution in [0, 0.1) is 0 Å². The van der Waals surface area contributed by atoms with Crippen LogP contribution in [0.3, 0.4) is 0 Å². The lowest BCUT2D eigenvalue weighted by Gasteiger charge is -2.38. The van der Waals surface area contributed by atoms with Gasteiger partial charge in [-0.05, 0) is 18.2 Å². The van der Waals surface area contributed by atoms with Gasteiger partial charge in [0.2, 0.25) is 5.91 Å². The number of carbonyl (C=O) groups is 2. The van der Waals surface area contributed by atoms with Crippen molar-refractivity contribution >= 4 is 11.8 Å². The number of ether oxygens (including phenoxy) is 1. The van der Waals surface area contributed by atoms with Crippen LogP contribution in [0.25, 0.3) is 0 Å². The van der Waals surface area contributed by atoms with E-state index < -0.39 is 0 Å². The summed E-state index contributed by atoms with van der Waals surface area (Å²) in [5.41, 5.74) is 0.459. The maximum absolute atomic E-state index is 12.0. The summed E-state index contributed by atoms with van der Waals surface area (Å²) >= 11 is 0. The fourth-order valence-electron chi connectivity index (χ4n) is 2.37. The van der Waals surface area contributed by atoms with Crippen molar-refractivity contribution < 1.29 is 14.3 Å². The largest absolute Gasteiger partial charge is 0.497 e. The number of aromatic nitrogens is 3. The minimum atomic E-state index is -0.300. The molecular formula is C15H17N5O3. The Hall–Kier alpha value is -2.90. The summed E-state index contributed by atoms with van der Waals surface area (Å²) in [6.07, 6.45) is 3.11. The van der Waals surface area contributed by atoms with E-state index in [1.54, 1.807) is 40.2 Å². The Labute approximate surface area is 133 Å². The van der Waals surface area contributed by atoms with Gasteiger partial charge in [-0.3, -0.25) is 9.59 Å². The van der Waals surface area contributed by atoms with Gasteiger partial charge in [0, 0.05) is 18.7 Å². The Bertz CT molecular complexity index is 695. The molecule has 1 aliphatic heterocycles. The maximum Gasteiger partial charge on any atom is 0.251 e. The molecule has 0 aliphatic carbocycles. The van der Waals surface area contributed by atoms with Crippen molar-refractivity contribution in [2.24, 2.45) is 0 Å². The third-order valence-electron chi connectivity index (χ3n) is 3.76. The fraction of sp³-hybridized carbons (Fsp3) is 0.333. The van der Waals surface area contributed by atoms with Crippen molar-refractivity contribution in [2.75, 3.05) is 26.7 Å². The first-order valence-corrected chi connectivity index (χ1v) is 7.21. The summed E-state index contributed by atoms with van der Waals surface area (Å²) in [6.45, 7) is 1.13. The van der Waals surface area contributed by atoms with Gasteiger partial charge in [-0.25, -0.2) is 9.67 Å². The lowest BCUT2D eigenvalue weighted by Crippen LogP contribution is -2.53. The topological polar surface area (TPSA) is 89.4 Å². The first-order valence-electron chi connectivity index (χ1n) is 7.21. The molecule has 0 bridgehead atoms. The van der Waals surface area contributed by atoms with Gasteiger partial charge in [-0.2, -0.15) is 5.10 Å². The number of rotatable bonds is 5. The summed E-state index contributed by atoms with van der Waals surface area (Å²) in [6, 6.07) is 6.95. The molecule has 0 radical (unpaired) electrons. The monoisotopic (exact) mass is 315 g/mol. The number of nitrogens with zero attached hydrogens (tertiary/aromatic N) is 4. The second-order valence-corrected chi connectivity index (χ2v) is 5.24. The van der Waals surface area contributed by atoms with Gasteiger partial charge in [0.1, 0.15) is 18.4 Å². The van der Waals surface area contributed by atoms with E-state index in [1.807, 2.05) is 0 Å². The normalized spacial score (nSPS) is 14.2. The average molecular weight is 315 g/mol. The highest BCUT2D eigenvalue weighted by Crippen LogP contribution is 2.19. The smallest absolute Gasteiger partial charge is 0.251 e. The number of methoxy groups -OCH3 is 1. The highest BCUT2D eigenvalue weighted by molar-refractivity contribution is 5.96. The second-order valence-electron chi connectivity index (χ2n) is 5.24. The predicted octanol–water partition coefficient (Wildman–Crippen LogP) is 0.1000. The highest BCUT2D eigenvalue weighted by atomic mass is 16.5. The number of hydrogen-bond acceptors (Lipinski definition) is 5. The molecule has 1 aliphatic rings. The molecule has 3 rings (SSSR count). The van der Waals surface area contributed by atoms with E-state index in [0.29, 0.717) is 24.4 Å². The molecule has 0 atom stereocenters. The van der Waals surface area contributed by atoms with Gasteiger partial charge < -0.3 is 15.0 Å². The third kappa shape index (κ3) is 3.31. The average Bonchev–Trinajstić information content (AvgIpc) is 3.05. The lowest BCUT2D eigenvalue weighted by atomic mass is 10.1. The zero-order chi connectivity index (χ0) is 16.2.